The van der Waals surface area contributed by atoms with E-state index in [1.165, 1.54) is 12.1 Å². The van der Waals surface area contributed by atoms with Crippen LogP contribution in [0.15, 0.2) is 24.4 Å². The van der Waals surface area contributed by atoms with Crippen molar-refractivity contribution < 1.29 is 9.13 Å². The standard InChI is InChI=1S/C16H20FN3O/c1-4-13-12(9-20(3)19-13)16-8-14(18-2)11-6-5-10(17)7-15(11)21-16/h5-7,9,14,16,18H,4,8H2,1-3H3. The summed E-state index contributed by atoms with van der Waals surface area (Å²) in [6.45, 7) is 2.08. The number of aryl methyl sites for hydroxylation is 2. The average Bonchev–Trinajstić information content (AvgIpc) is 2.86. The van der Waals surface area contributed by atoms with Crippen molar-refractivity contribution in [2.24, 2.45) is 7.05 Å². The first-order valence-corrected chi connectivity index (χ1v) is 7.28. The van der Waals surface area contributed by atoms with E-state index in [1.807, 2.05) is 25.0 Å². The smallest absolute Gasteiger partial charge is 0.129 e. The van der Waals surface area contributed by atoms with Gasteiger partial charge in [-0.05, 0) is 19.5 Å². The zero-order chi connectivity index (χ0) is 15.0. The Bertz CT molecular complexity index is 653. The maximum Gasteiger partial charge on any atom is 0.129 e. The van der Waals surface area contributed by atoms with Crippen LogP contribution >= 0.6 is 0 Å². The molecule has 1 N–H and O–H groups in total. The molecule has 2 unspecified atom stereocenters. The first-order valence-electron chi connectivity index (χ1n) is 7.28. The Hall–Kier alpha value is -1.88. The van der Waals surface area contributed by atoms with Gasteiger partial charge in [-0.25, -0.2) is 4.39 Å². The van der Waals surface area contributed by atoms with Crippen LogP contribution in [0.25, 0.3) is 0 Å². The molecule has 0 bridgehead atoms. The summed E-state index contributed by atoms with van der Waals surface area (Å²) in [6, 6.07) is 4.90. The summed E-state index contributed by atoms with van der Waals surface area (Å²) >= 11 is 0. The summed E-state index contributed by atoms with van der Waals surface area (Å²) < 4.78 is 21.4. The van der Waals surface area contributed by atoms with E-state index in [0.29, 0.717) is 5.75 Å². The summed E-state index contributed by atoms with van der Waals surface area (Å²) in [4.78, 5) is 0. The van der Waals surface area contributed by atoms with Gasteiger partial charge in [0.15, 0.2) is 0 Å². The van der Waals surface area contributed by atoms with Crippen molar-refractivity contribution in [3.63, 3.8) is 0 Å². The Morgan fingerprint density at radius 2 is 2.24 bits per heavy atom. The van der Waals surface area contributed by atoms with E-state index >= 15 is 0 Å². The Morgan fingerprint density at radius 1 is 1.43 bits per heavy atom. The fourth-order valence-corrected chi connectivity index (χ4v) is 3.00. The van der Waals surface area contributed by atoms with Gasteiger partial charge in [0.05, 0.1) is 5.69 Å². The topological polar surface area (TPSA) is 39.1 Å². The number of nitrogens with one attached hydrogen (secondary N) is 1. The van der Waals surface area contributed by atoms with Crippen molar-refractivity contribution in [1.82, 2.24) is 15.1 Å². The molecule has 0 saturated heterocycles. The molecule has 0 fully saturated rings. The molecule has 2 atom stereocenters. The third kappa shape index (κ3) is 2.53. The summed E-state index contributed by atoms with van der Waals surface area (Å²) in [5.74, 6) is 0.350. The predicted molar refractivity (Wildman–Crippen MR) is 78.8 cm³/mol. The van der Waals surface area contributed by atoms with Gasteiger partial charge in [0, 0.05) is 42.9 Å². The normalized spacial score (nSPS) is 21.0. The number of halogens is 1. The van der Waals surface area contributed by atoms with Crippen molar-refractivity contribution in [2.75, 3.05) is 7.05 Å². The Balaban J connectivity index is 1.99. The SMILES string of the molecule is CCc1nn(C)cc1C1CC(NC)c2ccc(F)cc2O1. The lowest BCUT2D eigenvalue weighted by Crippen LogP contribution is -2.27. The number of ether oxygens (including phenoxy) is 1. The number of hydrogen-bond acceptors (Lipinski definition) is 3. The number of fused-ring (bicyclic) bond motifs is 1. The number of rotatable bonds is 3. The van der Waals surface area contributed by atoms with Crippen LogP contribution in [-0.4, -0.2) is 16.8 Å². The molecule has 1 aromatic carbocycles. The van der Waals surface area contributed by atoms with E-state index in [1.54, 1.807) is 6.07 Å². The first kappa shape index (κ1) is 14.1. The summed E-state index contributed by atoms with van der Waals surface area (Å²) in [5.41, 5.74) is 3.14. The lowest BCUT2D eigenvalue weighted by atomic mass is 9.93. The highest BCUT2D eigenvalue weighted by atomic mass is 19.1. The van der Waals surface area contributed by atoms with Crippen LogP contribution in [0.3, 0.4) is 0 Å². The third-order valence-electron chi connectivity index (χ3n) is 4.04. The molecule has 2 heterocycles. The molecule has 5 heteroatoms. The zero-order valence-corrected chi connectivity index (χ0v) is 12.6. The van der Waals surface area contributed by atoms with Crippen LogP contribution in [0.5, 0.6) is 5.75 Å². The number of benzene rings is 1. The van der Waals surface area contributed by atoms with Gasteiger partial charge >= 0.3 is 0 Å². The van der Waals surface area contributed by atoms with Crippen molar-refractivity contribution >= 4 is 0 Å². The Labute approximate surface area is 123 Å². The van der Waals surface area contributed by atoms with Crippen LogP contribution < -0.4 is 10.1 Å². The first-order chi connectivity index (χ1) is 10.1. The molecule has 112 valence electrons. The molecule has 1 aromatic heterocycles. The third-order valence-corrected chi connectivity index (χ3v) is 4.04. The molecule has 0 saturated carbocycles. The molecule has 21 heavy (non-hydrogen) atoms. The van der Waals surface area contributed by atoms with Crippen molar-refractivity contribution in [3.8, 4) is 5.75 Å². The zero-order valence-electron chi connectivity index (χ0n) is 12.6. The molecule has 2 aromatic rings. The van der Waals surface area contributed by atoms with Crippen LogP contribution in [0.4, 0.5) is 4.39 Å². The van der Waals surface area contributed by atoms with E-state index in [9.17, 15) is 4.39 Å². The van der Waals surface area contributed by atoms with Gasteiger partial charge in [0.1, 0.15) is 17.7 Å². The van der Waals surface area contributed by atoms with Crippen LogP contribution in [0.2, 0.25) is 0 Å². The van der Waals surface area contributed by atoms with Gasteiger partial charge in [-0.15, -0.1) is 0 Å². The average molecular weight is 289 g/mol. The maximum absolute atomic E-state index is 13.5. The molecule has 3 rings (SSSR count). The largest absolute Gasteiger partial charge is 0.485 e. The van der Waals surface area contributed by atoms with Gasteiger partial charge in [-0.1, -0.05) is 13.0 Å². The monoisotopic (exact) mass is 289 g/mol. The highest BCUT2D eigenvalue weighted by Gasteiger charge is 2.30. The minimum absolute atomic E-state index is 0.0969. The molecular weight excluding hydrogens is 269 g/mol. The highest BCUT2D eigenvalue weighted by Crippen LogP contribution is 2.41. The number of hydrogen-bond donors (Lipinski definition) is 1. The molecule has 0 spiro atoms. The maximum atomic E-state index is 13.5. The van der Waals surface area contributed by atoms with Crippen molar-refractivity contribution in [2.45, 2.75) is 31.9 Å². The van der Waals surface area contributed by atoms with Gasteiger partial charge in [-0.2, -0.15) is 5.10 Å². The van der Waals surface area contributed by atoms with E-state index in [2.05, 4.69) is 17.3 Å². The van der Waals surface area contributed by atoms with Gasteiger partial charge in [0.2, 0.25) is 0 Å². The summed E-state index contributed by atoms with van der Waals surface area (Å²) in [6.07, 6.45) is 3.57. The fraction of sp³-hybridized carbons (Fsp3) is 0.438. The minimum atomic E-state index is -0.272. The van der Waals surface area contributed by atoms with Gasteiger partial charge in [0.25, 0.3) is 0 Å². The Kier molecular flexibility index (Phi) is 3.68. The van der Waals surface area contributed by atoms with Gasteiger partial charge < -0.3 is 10.1 Å². The highest BCUT2D eigenvalue weighted by molar-refractivity contribution is 5.40. The second-order valence-electron chi connectivity index (χ2n) is 5.42. The summed E-state index contributed by atoms with van der Waals surface area (Å²) in [7, 11) is 3.83. The van der Waals surface area contributed by atoms with E-state index < -0.39 is 0 Å². The molecule has 1 aliphatic rings. The van der Waals surface area contributed by atoms with E-state index in [0.717, 1.165) is 29.7 Å². The molecule has 0 aliphatic carbocycles. The molecule has 4 nitrogen and oxygen atoms in total. The Morgan fingerprint density at radius 3 is 2.95 bits per heavy atom. The van der Waals surface area contributed by atoms with E-state index in [-0.39, 0.29) is 18.0 Å². The van der Waals surface area contributed by atoms with Crippen LogP contribution in [0.1, 0.15) is 42.3 Å². The lowest BCUT2D eigenvalue weighted by molar-refractivity contribution is 0.152. The minimum Gasteiger partial charge on any atom is -0.485 e. The fourth-order valence-electron chi connectivity index (χ4n) is 3.00. The quantitative estimate of drug-likeness (QED) is 0.944. The second kappa shape index (κ2) is 5.48. The molecule has 0 amide bonds. The second-order valence-corrected chi connectivity index (χ2v) is 5.42. The molecular formula is C16H20FN3O. The predicted octanol–water partition coefficient (Wildman–Crippen LogP) is 2.91. The van der Waals surface area contributed by atoms with Crippen molar-refractivity contribution in [3.05, 3.63) is 47.0 Å². The molecule has 1 aliphatic heterocycles. The van der Waals surface area contributed by atoms with Crippen LogP contribution in [0, 0.1) is 5.82 Å². The summed E-state index contributed by atoms with van der Waals surface area (Å²) in [5, 5.41) is 7.76. The number of nitrogens with zero attached hydrogens (tertiary/aromatic N) is 2. The van der Waals surface area contributed by atoms with Crippen LogP contribution in [-0.2, 0) is 13.5 Å². The van der Waals surface area contributed by atoms with Crippen molar-refractivity contribution in [1.29, 1.82) is 0 Å². The van der Waals surface area contributed by atoms with Gasteiger partial charge in [-0.3, -0.25) is 4.68 Å². The van der Waals surface area contributed by atoms with E-state index in [4.69, 9.17) is 4.74 Å². The lowest BCUT2D eigenvalue weighted by Gasteiger charge is -2.32. The molecule has 0 radical (unpaired) electrons. The number of aromatic nitrogens is 2.